The molecule has 0 spiro atoms. The molecule has 3 rings (SSSR count). The van der Waals surface area contributed by atoms with E-state index in [-0.39, 0.29) is 4.90 Å². The summed E-state index contributed by atoms with van der Waals surface area (Å²) in [5, 5.41) is 1.23. The Morgan fingerprint density at radius 3 is 1.71 bits per heavy atom. The van der Waals surface area contributed by atoms with Crippen LogP contribution in [0.2, 0.25) is 0 Å². The number of unbranched alkanes of at least 4 members (excludes halogenated alkanes) is 3. The summed E-state index contributed by atoms with van der Waals surface area (Å²) in [6.07, 6.45) is 8.02. The van der Waals surface area contributed by atoms with Crippen LogP contribution >= 0.6 is 0 Å². The molecule has 0 atom stereocenters. The van der Waals surface area contributed by atoms with Crippen LogP contribution in [0.1, 0.15) is 64.9 Å². The zero-order chi connectivity index (χ0) is 24.9. The van der Waals surface area contributed by atoms with Gasteiger partial charge in [0.15, 0.2) is 0 Å². The lowest BCUT2D eigenvalue weighted by Gasteiger charge is -2.39. The van der Waals surface area contributed by atoms with Crippen molar-refractivity contribution in [3.8, 4) is 0 Å². The van der Waals surface area contributed by atoms with Gasteiger partial charge in [-0.3, -0.25) is 0 Å². The molecule has 0 bridgehead atoms. The van der Waals surface area contributed by atoms with E-state index in [9.17, 15) is 13.0 Å². The molecule has 3 aromatic carbocycles. The number of rotatable bonds is 12. The molecule has 0 fully saturated rings. The molecule has 34 heavy (non-hydrogen) atoms. The normalized spacial score (nSPS) is 11.8. The number of fused-ring (bicyclic) bond motifs is 1. The lowest BCUT2D eigenvalue weighted by Crippen LogP contribution is -2.49. The van der Waals surface area contributed by atoms with Crippen molar-refractivity contribution in [3.63, 3.8) is 0 Å². The second-order valence-corrected chi connectivity index (χ2v) is 10.5. The van der Waals surface area contributed by atoms with Gasteiger partial charge in [-0.05, 0) is 36.1 Å². The molecule has 186 valence electrons. The summed E-state index contributed by atoms with van der Waals surface area (Å²) in [6.45, 7) is 12.2. The number of benzene rings is 3. The minimum absolute atomic E-state index is 0.157. The maximum absolute atomic E-state index is 10.9. The summed E-state index contributed by atoms with van der Waals surface area (Å²) < 4.78 is 34.0. The van der Waals surface area contributed by atoms with Crippen LogP contribution in [0.25, 0.3) is 10.8 Å². The van der Waals surface area contributed by atoms with Crippen molar-refractivity contribution in [1.82, 2.24) is 0 Å². The summed E-state index contributed by atoms with van der Waals surface area (Å²) in [5.41, 5.74) is 1.51. The van der Waals surface area contributed by atoms with Gasteiger partial charge in [0.2, 0.25) is 0 Å². The van der Waals surface area contributed by atoms with Crippen LogP contribution in [0, 0.1) is 0 Å². The van der Waals surface area contributed by atoms with Crippen LogP contribution in [-0.4, -0.2) is 37.1 Å². The average Bonchev–Trinajstić information content (AvgIpc) is 2.85. The molecule has 0 amide bonds. The van der Waals surface area contributed by atoms with Crippen molar-refractivity contribution in [1.29, 1.82) is 0 Å². The Bertz CT molecular complexity index is 1050. The molecular formula is C29H41NO3S. The minimum Gasteiger partial charge on any atom is -0.744 e. The Kier molecular flexibility index (Phi) is 11.7. The van der Waals surface area contributed by atoms with Gasteiger partial charge in [-0.25, -0.2) is 8.42 Å². The Balaban J connectivity index is 0.000000254. The minimum atomic E-state index is -4.38. The van der Waals surface area contributed by atoms with Crippen LogP contribution in [0.4, 0.5) is 0 Å². The molecule has 0 aliphatic carbocycles. The third-order valence-electron chi connectivity index (χ3n) is 6.34. The quantitative estimate of drug-likeness (QED) is 0.203. The highest BCUT2D eigenvalue weighted by molar-refractivity contribution is 7.86. The van der Waals surface area contributed by atoms with E-state index in [0.717, 1.165) is 5.39 Å². The predicted molar refractivity (Wildman–Crippen MR) is 142 cm³/mol. The molecule has 0 aliphatic heterocycles. The molecule has 0 saturated heterocycles. The van der Waals surface area contributed by atoms with Gasteiger partial charge < -0.3 is 9.04 Å². The molecule has 0 aromatic heterocycles. The third kappa shape index (κ3) is 8.86. The standard InChI is InChI=1S/C19H34N.C10H8O3S/c1-4-7-15-20(16-8-5-2,17-9-6-3)18-19-13-11-10-12-14-19;11-14(12,13)10-7-3-5-8-4-1-2-6-9(8)10/h10-14H,4-9,15-18H2,1-3H3;1-7H,(H,11,12,13)/q+1;/p-1. The Hall–Kier alpha value is -2.21. The van der Waals surface area contributed by atoms with Crippen LogP contribution in [0.3, 0.4) is 0 Å². The highest BCUT2D eigenvalue weighted by Crippen LogP contribution is 2.22. The van der Waals surface area contributed by atoms with Gasteiger partial charge in [0.25, 0.3) is 0 Å². The van der Waals surface area contributed by atoms with Crippen molar-refractivity contribution >= 4 is 20.9 Å². The number of nitrogens with zero attached hydrogens (tertiary/aromatic N) is 1. The average molecular weight is 484 g/mol. The zero-order valence-corrected chi connectivity index (χ0v) is 21.9. The zero-order valence-electron chi connectivity index (χ0n) is 21.1. The highest BCUT2D eigenvalue weighted by Gasteiger charge is 2.26. The first-order valence-corrected chi connectivity index (χ1v) is 14.1. The summed E-state index contributed by atoms with van der Waals surface area (Å²) >= 11 is 0. The molecule has 0 saturated carbocycles. The van der Waals surface area contributed by atoms with Gasteiger partial charge in [-0.2, -0.15) is 0 Å². The SMILES string of the molecule is CCCC[N+](CCCC)(CCCC)Cc1ccccc1.O=S(=O)([O-])c1cccc2ccccc12. The van der Waals surface area contributed by atoms with Crippen molar-refractivity contribution in [3.05, 3.63) is 78.4 Å². The molecule has 0 unspecified atom stereocenters. The lowest BCUT2D eigenvalue weighted by atomic mass is 10.1. The fourth-order valence-electron chi connectivity index (χ4n) is 4.44. The van der Waals surface area contributed by atoms with E-state index in [2.05, 4.69) is 51.1 Å². The van der Waals surface area contributed by atoms with Gasteiger partial charge in [-0.15, -0.1) is 0 Å². The third-order valence-corrected chi connectivity index (χ3v) is 7.23. The Morgan fingerprint density at radius 2 is 1.18 bits per heavy atom. The number of hydrogen-bond acceptors (Lipinski definition) is 3. The van der Waals surface area contributed by atoms with E-state index < -0.39 is 10.1 Å². The van der Waals surface area contributed by atoms with Crippen LogP contribution in [0.5, 0.6) is 0 Å². The molecule has 3 aromatic rings. The fourth-order valence-corrected chi connectivity index (χ4v) is 5.14. The number of hydrogen-bond donors (Lipinski definition) is 0. The summed E-state index contributed by atoms with van der Waals surface area (Å²) in [7, 11) is -4.38. The van der Waals surface area contributed by atoms with Crippen LogP contribution in [-0.2, 0) is 16.7 Å². The Labute approximate surface area is 207 Å². The molecule has 5 heteroatoms. The topological polar surface area (TPSA) is 57.2 Å². The first-order valence-electron chi connectivity index (χ1n) is 12.7. The first kappa shape index (κ1) is 28.0. The van der Waals surface area contributed by atoms with Crippen molar-refractivity contribution in [2.45, 2.75) is 70.7 Å². The predicted octanol–water partition coefficient (Wildman–Crippen LogP) is 7.15. The van der Waals surface area contributed by atoms with Crippen LogP contribution < -0.4 is 0 Å². The second-order valence-electron chi connectivity index (χ2n) is 9.15. The van der Waals surface area contributed by atoms with Gasteiger partial charge in [0, 0.05) is 5.56 Å². The van der Waals surface area contributed by atoms with Gasteiger partial charge in [0.05, 0.1) is 24.5 Å². The summed E-state index contributed by atoms with van der Waals surface area (Å²) in [6, 6.07) is 22.6. The largest absolute Gasteiger partial charge is 0.744 e. The number of quaternary nitrogens is 1. The molecule has 0 N–H and O–H groups in total. The van der Waals surface area contributed by atoms with E-state index in [1.54, 1.807) is 36.4 Å². The maximum atomic E-state index is 10.9. The van der Waals surface area contributed by atoms with Crippen molar-refractivity contribution in [2.24, 2.45) is 0 Å². The van der Waals surface area contributed by atoms with Gasteiger partial charge in [0.1, 0.15) is 16.7 Å². The molecule has 0 heterocycles. The Morgan fingerprint density at radius 1 is 0.676 bits per heavy atom. The first-order chi connectivity index (χ1) is 16.3. The van der Waals surface area contributed by atoms with Gasteiger partial charge in [-0.1, -0.05) is 107 Å². The van der Waals surface area contributed by atoms with E-state index in [0.29, 0.717) is 5.39 Å². The summed E-state index contributed by atoms with van der Waals surface area (Å²) in [5.74, 6) is 0. The highest BCUT2D eigenvalue weighted by atomic mass is 32.2. The van der Waals surface area contributed by atoms with Crippen molar-refractivity contribution in [2.75, 3.05) is 19.6 Å². The monoisotopic (exact) mass is 483 g/mol. The lowest BCUT2D eigenvalue weighted by molar-refractivity contribution is -0.941. The molecule has 0 aliphatic rings. The molecule has 0 radical (unpaired) electrons. The summed E-state index contributed by atoms with van der Waals surface area (Å²) in [4.78, 5) is -0.157. The maximum Gasteiger partial charge on any atom is 0.125 e. The van der Waals surface area contributed by atoms with Gasteiger partial charge >= 0.3 is 0 Å². The van der Waals surface area contributed by atoms with E-state index in [1.165, 1.54) is 80.8 Å². The molecular weight excluding hydrogens is 442 g/mol. The van der Waals surface area contributed by atoms with E-state index in [1.807, 2.05) is 0 Å². The van der Waals surface area contributed by atoms with Crippen molar-refractivity contribution < 1.29 is 17.5 Å². The van der Waals surface area contributed by atoms with Crippen LogP contribution in [0.15, 0.2) is 77.7 Å². The molecule has 4 nitrogen and oxygen atoms in total. The van der Waals surface area contributed by atoms with E-state index in [4.69, 9.17) is 0 Å². The fraction of sp³-hybridized carbons (Fsp3) is 0.448. The van der Waals surface area contributed by atoms with E-state index >= 15 is 0 Å². The smallest absolute Gasteiger partial charge is 0.125 e. The second kappa shape index (κ2) is 14.2.